The normalized spacial score (nSPS) is 10.7. The lowest BCUT2D eigenvalue weighted by Gasteiger charge is -2.13. The highest BCUT2D eigenvalue weighted by Crippen LogP contribution is 2.32. The minimum atomic E-state index is -3.02. The van der Waals surface area contributed by atoms with Gasteiger partial charge < -0.3 is 24.9 Å². The number of ether oxygens (including phenoxy) is 2. The maximum atomic E-state index is 12.4. The van der Waals surface area contributed by atoms with Crippen LogP contribution in [-0.2, 0) is 11.3 Å². The quantitative estimate of drug-likeness (QED) is 0.533. The number of benzene rings is 1. The number of anilines is 1. The van der Waals surface area contributed by atoms with Gasteiger partial charge >= 0.3 is 12.4 Å². The lowest BCUT2D eigenvalue weighted by atomic mass is 10.2. The summed E-state index contributed by atoms with van der Waals surface area (Å²) in [6.07, 6.45) is 0. The lowest BCUT2D eigenvalue weighted by molar-refractivity contribution is -0.389. The van der Waals surface area contributed by atoms with E-state index in [1.54, 1.807) is 6.92 Å². The van der Waals surface area contributed by atoms with E-state index in [0.29, 0.717) is 0 Å². The largest absolute Gasteiger partial charge is 0.490 e. The van der Waals surface area contributed by atoms with Crippen molar-refractivity contribution in [1.29, 1.82) is 0 Å². The van der Waals surface area contributed by atoms with Crippen molar-refractivity contribution >= 4 is 29.0 Å². The Kier molecular flexibility index (Phi) is 6.50. The number of nitro groups is 1. The molecule has 1 amide bonds. The van der Waals surface area contributed by atoms with Crippen LogP contribution in [-0.4, -0.2) is 33.8 Å². The fourth-order valence-corrected chi connectivity index (χ4v) is 2.37. The predicted octanol–water partition coefficient (Wildman–Crippen LogP) is 3.39. The minimum absolute atomic E-state index is 0.0320. The van der Waals surface area contributed by atoms with Crippen molar-refractivity contribution in [3.05, 3.63) is 39.0 Å². The average molecular weight is 405 g/mol. The maximum absolute atomic E-state index is 12.4. The average Bonchev–Trinajstić information content (AvgIpc) is 2.85. The second-order valence-corrected chi connectivity index (χ2v) is 5.54. The van der Waals surface area contributed by atoms with E-state index < -0.39 is 23.3 Å². The number of alkyl halides is 2. The molecule has 0 aliphatic carbocycles. The molecule has 2 rings (SSSR count). The van der Waals surface area contributed by atoms with Crippen molar-refractivity contribution in [3.63, 3.8) is 0 Å². The molecule has 0 atom stereocenters. The number of nitrogens with one attached hydrogen (secondary N) is 1. The summed E-state index contributed by atoms with van der Waals surface area (Å²) in [7, 11) is 0. The molecule has 9 nitrogen and oxygen atoms in total. The van der Waals surface area contributed by atoms with Gasteiger partial charge in [0.1, 0.15) is 6.54 Å². The third-order valence-electron chi connectivity index (χ3n) is 3.33. The van der Waals surface area contributed by atoms with Gasteiger partial charge in [-0.1, -0.05) is 11.6 Å². The first kappa shape index (κ1) is 20.4. The van der Waals surface area contributed by atoms with Crippen molar-refractivity contribution < 1.29 is 28.0 Å². The Labute approximate surface area is 157 Å². The fraction of sp³-hybridized carbons (Fsp3) is 0.333. The number of hydrogen-bond acceptors (Lipinski definition) is 6. The van der Waals surface area contributed by atoms with Crippen LogP contribution in [0.2, 0.25) is 5.02 Å². The van der Waals surface area contributed by atoms with Crippen LogP contribution in [0.25, 0.3) is 0 Å². The molecule has 0 saturated carbocycles. The Morgan fingerprint density at radius 1 is 1.44 bits per heavy atom. The second kappa shape index (κ2) is 8.62. The topological polar surface area (TPSA) is 109 Å². The van der Waals surface area contributed by atoms with Crippen molar-refractivity contribution in [2.45, 2.75) is 27.0 Å². The zero-order valence-electron chi connectivity index (χ0n) is 14.2. The first-order valence-corrected chi connectivity index (χ1v) is 7.99. The van der Waals surface area contributed by atoms with Gasteiger partial charge in [0.25, 0.3) is 0 Å². The van der Waals surface area contributed by atoms with Gasteiger partial charge in [-0.3, -0.25) is 4.79 Å². The van der Waals surface area contributed by atoms with Crippen LogP contribution in [0.1, 0.15) is 12.6 Å². The molecule has 12 heteroatoms. The van der Waals surface area contributed by atoms with E-state index in [2.05, 4.69) is 15.2 Å². The zero-order valence-corrected chi connectivity index (χ0v) is 15.0. The first-order valence-electron chi connectivity index (χ1n) is 7.61. The molecule has 1 aromatic heterocycles. The number of aromatic nitrogens is 2. The summed E-state index contributed by atoms with van der Waals surface area (Å²) in [6, 6.07) is 3.90. The van der Waals surface area contributed by atoms with E-state index in [9.17, 15) is 23.7 Å². The minimum Gasteiger partial charge on any atom is -0.490 e. The Balaban J connectivity index is 2.15. The molecule has 1 heterocycles. The number of nitrogens with zero attached hydrogens (tertiary/aromatic N) is 3. The van der Waals surface area contributed by atoms with Crippen LogP contribution in [0.15, 0.2) is 18.2 Å². The van der Waals surface area contributed by atoms with Crippen LogP contribution in [0, 0.1) is 17.0 Å². The standard InChI is InChI=1S/C15H15ClF2N4O5/c1-3-26-11-6-9(4-5-10(11)27-15(17)18)19-12(23)7-21-8(2)13(16)14(20-21)22(24)25/h4-6,15H,3,7H2,1-2H3,(H,19,23). The van der Waals surface area contributed by atoms with Crippen LogP contribution >= 0.6 is 11.6 Å². The van der Waals surface area contributed by atoms with Gasteiger partial charge in [0, 0.05) is 11.8 Å². The summed E-state index contributed by atoms with van der Waals surface area (Å²) in [5.74, 6) is -1.24. The number of carbonyl (C=O) groups is 1. The van der Waals surface area contributed by atoms with Gasteiger partial charge in [-0.2, -0.15) is 13.5 Å². The number of rotatable bonds is 8. The van der Waals surface area contributed by atoms with E-state index in [1.807, 2.05) is 0 Å². The third kappa shape index (κ3) is 5.03. The highest BCUT2D eigenvalue weighted by atomic mass is 35.5. The van der Waals surface area contributed by atoms with Gasteiger partial charge in [-0.15, -0.1) is 0 Å². The molecule has 0 aliphatic heterocycles. The summed E-state index contributed by atoms with van der Waals surface area (Å²) >= 11 is 5.82. The monoisotopic (exact) mass is 404 g/mol. The summed E-state index contributed by atoms with van der Waals surface area (Å²) in [6.45, 7) is -0.00837. The van der Waals surface area contributed by atoms with Crippen molar-refractivity contribution in [3.8, 4) is 11.5 Å². The van der Waals surface area contributed by atoms with Gasteiger partial charge in [0.2, 0.25) is 5.91 Å². The summed E-state index contributed by atoms with van der Waals surface area (Å²) in [4.78, 5) is 22.3. The van der Waals surface area contributed by atoms with Crippen LogP contribution in [0.5, 0.6) is 11.5 Å². The summed E-state index contributed by atoms with van der Waals surface area (Å²) in [5.41, 5.74) is 0.518. The summed E-state index contributed by atoms with van der Waals surface area (Å²) in [5, 5.41) is 16.9. The second-order valence-electron chi connectivity index (χ2n) is 5.16. The van der Waals surface area contributed by atoms with E-state index >= 15 is 0 Å². The molecule has 0 spiro atoms. The molecule has 0 bridgehead atoms. The molecule has 0 fully saturated rings. The Hall–Kier alpha value is -2.95. The van der Waals surface area contributed by atoms with E-state index in [4.69, 9.17) is 16.3 Å². The maximum Gasteiger partial charge on any atom is 0.408 e. The third-order valence-corrected chi connectivity index (χ3v) is 3.77. The van der Waals surface area contributed by atoms with Gasteiger partial charge in [0.15, 0.2) is 16.5 Å². The zero-order chi connectivity index (χ0) is 20.1. The number of hydrogen-bond donors (Lipinski definition) is 1. The van der Waals surface area contributed by atoms with Crippen molar-refractivity contribution in [2.75, 3.05) is 11.9 Å². The first-order chi connectivity index (χ1) is 12.7. The van der Waals surface area contributed by atoms with Crippen LogP contribution in [0.4, 0.5) is 20.3 Å². The SMILES string of the molecule is CCOc1cc(NC(=O)Cn2nc([N+](=O)[O-])c(Cl)c2C)ccc1OC(F)F. The smallest absolute Gasteiger partial charge is 0.408 e. The lowest BCUT2D eigenvalue weighted by Crippen LogP contribution is -2.20. The van der Waals surface area contributed by atoms with Crippen LogP contribution in [0.3, 0.4) is 0 Å². The van der Waals surface area contributed by atoms with E-state index in [1.165, 1.54) is 25.1 Å². The number of halogens is 3. The Morgan fingerprint density at radius 3 is 2.70 bits per heavy atom. The molecule has 0 unspecified atom stereocenters. The Morgan fingerprint density at radius 2 is 2.15 bits per heavy atom. The predicted molar refractivity (Wildman–Crippen MR) is 91.5 cm³/mol. The number of carbonyl (C=O) groups excluding carboxylic acids is 1. The molecule has 1 aromatic carbocycles. The molecule has 146 valence electrons. The molecular weight excluding hydrogens is 390 g/mol. The molecule has 0 aliphatic rings. The van der Waals surface area contributed by atoms with Crippen LogP contribution < -0.4 is 14.8 Å². The van der Waals surface area contributed by atoms with Gasteiger partial charge in [-0.25, -0.2) is 0 Å². The highest BCUT2D eigenvalue weighted by molar-refractivity contribution is 6.33. The molecule has 0 saturated heterocycles. The van der Waals surface area contributed by atoms with Gasteiger partial charge in [0.05, 0.1) is 17.4 Å². The number of amides is 1. The molecule has 0 radical (unpaired) electrons. The van der Waals surface area contributed by atoms with Crippen molar-refractivity contribution in [2.24, 2.45) is 0 Å². The molecular formula is C15H15ClF2N4O5. The molecule has 2 aromatic rings. The molecule has 27 heavy (non-hydrogen) atoms. The van der Waals surface area contributed by atoms with E-state index in [0.717, 1.165) is 4.68 Å². The van der Waals surface area contributed by atoms with Crippen molar-refractivity contribution in [1.82, 2.24) is 9.78 Å². The fourth-order valence-electron chi connectivity index (χ4n) is 2.16. The molecule has 1 N–H and O–H groups in total. The highest BCUT2D eigenvalue weighted by Gasteiger charge is 2.25. The summed E-state index contributed by atoms with van der Waals surface area (Å²) < 4.78 is 35.5. The van der Waals surface area contributed by atoms with E-state index in [-0.39, 0.29) is 41.1 Å². The van der Waals surface area contributed by atoms with Gasteiger partial charge in [-0.05, 0) is 30.9 Å². The Bertz CT molecular complexity index is 859.